The number of piperidine rings is 1. The molecule has 0 aliphatic carbocycles. The Labute approximate surface area is 176 Å². The van der Waals surface area contributed by atoms with E-state index in [9.17, 15) is 0 Å². The van der Waals surface area contributed by atoms with Crippen molar-refractivity contribution in [1.29, 1.82) is 5.41 Å². The first kappa shape index (κ1) is 21.3. The summed E-state index contributed by atoms with van der Waals surface area (Å²) in [5.74, 6) is 0.671. The van der Waals surface area contributed by atoms with E-state index in [2.05, 4.69) is 55.2 Å². The highest BCUT2D eigenvalue weighted by Crippen LogP contribution is 2.36. The summed E-state index contributed by atoms with van der Waals surface area (Å²) in [6.45, 7) is 8.99. The van der Waals surface area contributed by atoms with Gasteiger partial charge in [0.15, 0.2) is 0 Å². The van der Waals surface area contributed by atoms with Crippen LogP contribution in [-0.2, 0) is 0 Å². The molecule has 2 aromatic rings. The maximum atomic E-state index is 7.38. The van der Waals surface area contributed by atoms with Crippen LogP contribution in [0.1, 0.15) is 46.1 Å². The van der Waals surface area contributed by atoms with Crippen LogP contribution in [0, 0.1) is 5.41 Å². The maximum Gasteiger partial charge on any atom is 0.301 e. The Kier molecular flexibility index (Phi) is 5.95. The van der Waals surface area contributed by atoms with Crippen molar-refractivity contribution in [2.75, 3.05) is 11.9 Å². The molecule has 0 bridgehead atoms. The first-order chi connectivity index (χ1) is 13.6. The molecule has 0 amide bonds. The highest BCUT2D eigenvalue weighted by Gasteiger charge is 2.39. The Balaban J connectivity index is 1.70. The highest BCUT2D eigenvalue weighted by molar-refractivity contribution is 7.17. The van der Waals surface area contributed by atoms with E-state index in [0.29, 0.717) is 22.6 Å². The average Bonchev–Trinajstić information content (AvgIpc) is 3.09. The lowest BCUT2D eigenvalue weighted by atomic mass is 9.79. The normalized spacial score (nSPS) is 19.0. The van der Waals surface area contributed by atoms with Crippen molar-refractivity contribution in [2.24, 2.45) is 5.73 Å². The monoisotopic (exact) mass is 414 g/mol. The molecule has 3 rings (SSSR count). The molecule has 2 heterocycles. The van der Waals surface area contributed by atoms with Crippen LogP contribution in [0.25, 0.3) is 5.57 Å². The van der Waals surface area contributed by atoms with Crippen LogP contribution in [0.3, 0.4) is 0 Å². The molecule has 1 saturated heterocycles. The number of aromatic nitrogens is 2. The Bertz CT molecular complexity index is 871. The summed E-state index contributed by atoms with van der Waals surface area (Å²) < 4.78 is 5.88. The van der Waals surface area contributed by atoms with Gasteiger partial charge in [0.2, 0.25) is 5.13 Å². The summed E-state index contributed by atoms with van der Waals surface area (Å²) in [4.78, 5) is 2.22. The van der Waals surface area contributed by atoms with Gasteiger partial charge in [-0.1, -0.05) is 17.2 Å². The van der Waals surface area contributed by atoms with Crippen molar-refractivity contribution in [3.63, 3.8) is 0 Å². The van der Waals surface area contributed by atoms with Crippen LogP contribution < -0.4 is 20.7 Å². The van der Waals surface area contributed by atoms with Gasteiger partial charge in [0, 0.05) is 42.2 Å². The predicted molar refractivity (Wildman–Crippen MR) is 120 cm³/mol. The van der Waals surface area contributed by atoms with Crippen molar-refractivity contribution in [3.8, 4) is 10.9 Å². The van der Waals surface area contributed by atoms with Crippen LogP contribution in [0.15, 0.2) is 30.5 Å². The number of nitrogens with zero attached hydrogens (tertiary/aromatic N) is 3. The number of hydrogen-bond acceptors (Lipinski definition) is 8. The summed E-state index contributed by atoms with van der Waals surface area (Å²) in [5.41, 5.74) is 7.19. The summed E-state index contributed by atoms with van der Waals surface area (Å²) >= 11 is 1.44. The van der Waals surface area contributed by atoms with Crippen molar-refractivity contribution in [3.05, 3.63) is 36.0 Å². The average molecular weight is 415 g/mol. The molecule has 1 aromatic carbocycles. The van der Waals surface area contributed by atoms with Gasteiger partial charge in [-0.3, -0.25) is 0 Å². The van der Waals surface area contributed by atoms with E-state index in [0.717, 1.165) is 23.5 Å². The number of allylic oxidation sites excluding steroid dienone is 1. The third kappa shape index (κ3) is 5.13. The van der Waals surface area contributed by atoms with Gasteiger partial charge < -0.3 is 26.1 Å². The lowest BCUT2D eigenvalue weighted by Gasteiger charge is -2.48. The number of rotatable bonds is 6. The Morgan fingerprint density at radius 2 is 1.83 bits per heavy atom. The minimum absolute atomic E-state index is 0.0692. The quantitative estimate of drug-likeness (QED) is 0.617. The van der Waals surface area contributed by atoms with Crippen molar-refractivity contribution >= 4 is 28.3 Å². The SMILES string of the molecule is CN(c1nnc(Oc2ccc(/C(C=N)=C/N)cc2)s1)C1CC(C)(C)NC(C)(C)C1. The number of benzene rings is 1. The maximum absolute atomic E-state index is 7.38. The fraction of sp³-hybridized carbons (Fsp3) is 0.476. The number of nitrogens with two attached hydrogens (primary N) is 1. The van der Waals surface area contributed by atoms with Crippen molar-refractivity contribution < 1.29 is 4.74 Å². The second-order valence-corrected chi connectivity index (χ2v) is 9.73. The fourth-order valence-corrected chi connectivity index (χ4v) is 4.88. The third-order valence-electron chi connectivity index (χ3n) is 5.14. The van der Waals surface area contributed by atoms with Gasteiger partial charge in [-0.05, 0) is 69.6 Å². The molecule has 0 saturated carbocycles. The molecule has 156 valence electrons. The van der Waals surface area contributed by atoms with Crippen LogP contribution in [0.5, 0.6) is 10.9 Å². The van der Waals surface area contributed by atoms with E-state index >= 15 is 0 Å². The molecular formula is C21H30N6OS. The molecular weight excluding hydrogens is 384 g/mol. The Morgan fingerprint density at radius 3 is 2.38 bits per heavy atom. The van der Waals surface area contributed by atoms with Gasteiger partial charge in [0.05, 0.1) is 0 Å². The molecule has 7 nitrogen and oxygen atoms in total. The number of anilines is 1. The molecule has 0 unspecified atom stereocenters. The lowest BCUT2D eigenvalue weighted by Crippen LogP contribution is -2.61. The topological polar surface area (TPSA) is 100 Å². The Morgan fingerprint density at radius 1 is 1.21 bits per heavy atom. The zero-order valence-electron chi connectivity index (χ0n) is 17.7. The van der Waals surface area contributed by atoms with Crippen molar-refractivity contribution in [1.82, 2.24) is 15.5 Å². The molecule has 1 aliphatic rings. The molecule has 1 aliphatic heterocycles. The van der Waals surface area contributed by atoms with Gasteiger partial charge >= 0.3 is 5.19 Å². The molecule has 1 fully saturated rings. The van der Waals surface area contributed by atoms with Gasteiger partial charge in [0.25, 0.3) is 0 Å². The van der Waals surface area contributed by atoms with E-state index in [4.69, 9.17) is 15.9 Å². The summed E-state index contributed by atoms with van der Waals surface area (Å²) in [6, 6.07) is 7.79. The van der Waals surface area contributed by atoms with Gasteiger partial charge in [0.1, 0.15) is 5.75 Å². The largest absolute Gasteiger partial charge is 0.430 e. The van der Waals surface area contributed by atoms with Crippen LogP contribution in [0.2, 0.25) is 0 Å². The molecule has 0 spiro atoms. The van der Waals surface area contributed by atoms with Crippen LogP contribution in [0.4, 0.5) is 5.13 Å². The zero-order valence-corrected chi connectivity index (χ0v) is 18.5. The van der Waals surface area contributed by atoms with Crippen LogP contribution >= 0.6 is 11.3 Å². The minimum atomic E-state index is 0.0692. The van der Waals surface area contributed by atoms with Crippen molar-refractivity contribution in [2.45, 2.75) is 57.7 Å². The number of nitrogens with one attached hydrogen (secondary N) is 2. The lowest BCUT2D eigenvalue weighted by molar-refractivity contribution is 0.161. The second-order valence-electron chi connectivity index (χ2n) is 8.81. The molecule has 29 heavy (non-hydrogen) atoms. The van der Waals surface area contributed by atoms with E-state index < -0.39 is 0 Å². The van der Waals surface area contributed by atoms with E-state index in [-0.39, 0.29) is 11.1 Å². The van der Waals surface area contributed by atoms with Gasteiger partial charge in [-0.25, -0.2) is 0 Å². The van der Waals surface area contributed by atoms with E-state index in [1.165, 1.54) is 23.8 Å². The molecule has 0 atom stereocenters. The van der Waals surface area contributed by atoms with Crippen LogP contribution in [-0.4, -0.2) is 40.6 Å². The summed E-state index contributed by atoms with van der Waals surface area (Å²) in [5, 5.41) is 21.0. The first-order valence-electron chi connectivity index (χ1n) is 9.69. The Hall–Kier alpha value is -2.45. The first-order valence-corrected chi connectivity index (χ1v) is 10.5. The summed E-state index contributed by atoms with van der Waals surface area (Å²) in [7, 11) is 2.08. The standard InChI is InChI=1S/C21H30N6OS/c1-20(2)10-16(11-21(3,4)26-20)27(5)18-24-25-19(29-18)28-17-8-6-14(7-9-17)15(12-22)13-23/h6-9,12-13,16,22,26H,10-11,23H2,1-5H3/b15-13+,22-12?. The highest BCUT2D eigenvalue weighted by atomic mass is 32.1. The predicted octanol–water partition coefficient (Wildman–Crippen LogP) is 4.02. The number of hydrogen-bond donors (Lipinski definition) is 3. The molecule has 0 radical (unpaired) electrons. The molecule has 8 heteroatoms. The smallest absolute Gasteiger partial charge is 0.301 e. The zero-order chi connectivity index (χ0) is 21.2. The van der Waals surface area contributed by atoms with E-state index in [1.54, 1.807) is 0 Å². The van der Waals surface area contributed by atoms with Gasteiger partial charge in [-0.15, -0.1) is 5.10 Å². The third-order valence-corrected chi connectivity index (χ3v) is 6.03. The molecule has 4 N–H and O–H groups in total. The fourth-order valence-electron chi connectivity index (χ4n) is 4.13. The summed E-state index contributed by atoms with van der Waals surface area (Å²) in [6.07, 6.45) is 4.72. The van der Waals surface area contributed by atoms with Gasteiger partial charge in [-0.2, -0.15) is 0 Å². The molecule has 1 aromatic heterocycles. The number of ether oxygens (including phenoxy) is 1. The minimum Gasteiger partial charge on any atom is -0.430 e. The van der Waals surface area contributed by atoms with E-state index in [1.807, 2.05) is 24.3 Å². The second kappa shape index (κ2) is 8.12.